The van der Waals surface area contributed by atoms with Gasteiger partial charge in [-0.3, -0.25) is 0 Å². The summed E-state index contributed by atoms with van der Waals surface area (Å²) in [5.74, 6) is -0.144. The first-order valence-corrected chi connectivity index (χ1v) is 8.22. The molecule has 1 aromatic rings. The van der Waals surface area contributed by atoms with Crippen molar-refractivity contribution < 1.29 is 9.50 Å². The predicted molar refractivity (Wildman–Crippen MR) is 82.6 cm³/mol. The van der Waals surface area contributed by atoms with Crippen LogP contribution in [-0.2, 0) is 0 Å². The lowest BCUT2D eigenvalue weighted by Crippen LogP contribution is -2.54. The van der Waals surface area contributed by atoms with Crippen LogP contribution in [0.15, 0.2) is 29.2 Å². The summed E-state index contributed by atoms with van der Waals surface area (Å²) in [6.07, 6.45) is 4.05. The number of nitrogens with one attached hydrogen (secondary N) is 1. The van der Waals surface area contributed by atoms with Crippen molar-refractivity contribution in [3.05, 3.63) is 30.1 Å². The van der Waals surface area contributed by atoms with Crippen molar-refractivity contribution in [3.8, 4) is 0 Å². The van der Waals surface area contributed by atoms with Crippen LogP contribution in [0.5, 0.6) is 0 Å². The number of hydrogen-bond donors (Lipinski definition) is 2. The van der Waals surface area contributed by atoms with E-state index in [2.05, 4.69) is 19.2 Å². The summed E-state index contributed by atoms with van der Waals surface area (Å²) in [4.78, 5) is 0.718. The average molecular weight is 297 g/mol. The molecule has 2 rings (SSSR count). The lowest BCUT2D eigenvalue weighted by Gasteiger charge is -2.41. The molecule has 2 unspecified atom stereocenters. The van der Waals surface area contributed by atoms with Gasteiger partial charge in [0.1, 0.15) is 5.82 Å². The highest BCUT2D eigenvalue weighted by Crippen LogP contribution is 2.39. The number of hydrogen-bond acceptors (Lipinski definition) is 3. The standard InChI is InChI=1S/C16H24FNOS/c1-12(2)18-16(11-19)9-5-6-13(10-16)20-15-8-4-3-7-14(15)17/h3-4,7-8,12-13,18-19H,5-6,9-11H2,1-2H3. The molecule has 0 bridgehead atoms. The molecule has 0 amide bonds. The third-order valence-electron chi connectivity index (χ3n) is 3.83. The third-order valence-corrected chi connectivity index (χ3v) is 5.15. The van der Waals surface area contributed by atoms with Gasteiger partial charge in [-0.05, 0) is 31.4 Å². The van der Waals surface area contributed by atoms with Gasteiger partial charge < -0.3 is 10.4 Å². The molecule has 0 heterocycles. The lowest BCUT2D eigenvalue weighted by molar-refractivity contribution is 0.115. The fourth-order valence-electron chi connectivity index (χ4n) is 3.06. The highest BCUT2D eigenvalue weighted by molar-refractivity contribution is 8.00. The zero-order chi connectivity index (χ0) is 14.6. The van der Waals surface area contributed by atoms with Crippen molar-refractivity contribution in [1.29, 1.82) is 0 Å². The highest BCUT2D eigenvalue weighted by atomic mass is 32.2. The van der Waals surface area contributed by atoms with Gasteiger partial charge in [0.15, 0.2) is 0 Å². The quantitative estimate of drug-likeness (QED) is 0.871. The lowest BCUT2D eigenvalue weighted by atomic mass is 9.81. The summed E-state index contributed by atoms with van der Waals surface area (Å²) in [6.45, 7) is 4.36. The van der Waals surface area contributed by atoms with E-state index in [0.29, 0.717) is 11.3 Å². The fraction of sp³-hybridized carbons (Fsp3) is 0.625. The molecule has 0 spiro atoms. The number of halogens is 1. The van der Waals surface area contributed by atoms with Crippen LogP contribution in [-0.4, -0.2) is 28.5 Å². The molecule has 2 N–H and O–H groups in total. The van der Waals surface area contributed by atoms with Gasteiger partial charge in [0.05, 0.1) is 6.61 Å². The van der Waals surface area contributed by atoms with Gasteiger partial charge in [-0.1, -0.05) is 32.4 Å². The van der Waals surface area contributed by atoms with Gasteiger partial charge >= 0.3 is 0 Å². The van der Waals surface area contributed by atoms with Crippen molar-refractivity contribution in [2.75, 3.05) is 6.61 Å². The normalized spacial score (nSPS) is 26.9. The van der Waals surface area contributed by atoms with Gasteiger partial charge in [0.2, 0.25) is 0 Å². The minimum atomic E-state index is -0.199. The summed E-state index contributed by atoms with van der Waals surface area (Å²) in [6, 6.07) is 7.29. The van der Waals surface area contributed by atoms with Crippen LogP contribution >= 0.6 is 11.8 Å². The molecule has 20 heavy (non-hydrogen) atoms. The Bertz CT molecular complexity index is 440. The Labute approximate surface area is 125 Å². The van der Waals surface area contributed by atoms with Crippen molar-refractivity contribution in [1.82, 2.24) is 5.32 Å². The van der Waals surface area contributed by atoms with E-state index in [9.17, 15) is 9.50 Å². The summed E-state index contributed by atoms with van der Waals surface area (Å²) in [5.41, 5.74) is -0.199. The Morgan fingerprint density at radius 2 is 2.20 bits per heavy atom. The van der Waals surface area contributed by atoms with Gasteiger partial charge in [0, 0.05) is 21.7 Å². The molecule has 1 saturated carbocycles. The summed E-state index contributed by atoms with van der Waals surface area (Å²) < 4.78 is 13.7. The molecule has 4 heteroatoms. The van der Waals surface area contributed by atoms with Crippen LogP contribution in [0.25, 0.3) is 0 Å². The number of aliphatic hydroxyl groups excluding tert-OH is 1. The largest absolute Gasteiger partial charge is 0.394 e. The number of rotatable bonds is 5. The maximum atomic E-state index is 13.7. The zero-order valence-electron chi connectivity index (χ0n) is 12.2. The topological polar surface area (TPSA) is 32.3 Å². The van der Waals surface area contributed by atoms with E-state index in [-0.39, 0.29) is 18.0 Å². The van der Waals surface area contributed by atoms with E-state index in [1.165, 1.54) is 6.07 Å². The Hall–Kier alpha value is -0.580. The Balaban J connectivity index is 2.04. The second-order valence-electron chi connectivity index (χ2n) is 6.00. The minimum Gasteiger partial charge on any atom is -0.394 e. The fourth-order valence-corrected chi connectivity index (χ4v) is 4.44. The van der Waals surface area contributed by atoms with Crippen LogP contribution in [0.2, 0.25) is 0 Å². The second-order valence-corrected chi connectivity index (χ2v) is 7.35. The van der Waals surface area contributed by atoms with Crippen molar-refractivity contribution in [2.45, 2.75) is 61.3 Å². The molecule has 0 aliphatic heterocycles. The number of benzene rings is 1. The van der Waals surface area contributed by atoms with Gasteiger partial charge in [-0.2, -0.15) is 0 Å². The smallest absolute Gasteiger partial charge is 0.136 e. The summed E-state index contributed by atoms with van der Waals surface area (Å²) in [7, 11) is 0. The van der Waals surface area contributed by atoms with Gasteiger partial charge in [-0.15, -0.1) is 11.8 Å². The molecular formula is C16H24FNOS. The first-order valence-electron chi connectivity index (χ1n) is 7.34. The van der Waals surface area contributed by atoms with Crippen LogP contribution < -0.4 is 5.32 Å². The minimum absolute atomic E-state index is 0.144. The zero-order valence-corrected chi connectivity index (χ0v) is 13.0. The van der Waals surface area contributed by atoms with Crippen molar-refractivity contribution in [3.63, 3.8) is 0 Å². The van der Waals surface area contributed by atoms with E-state index >= 15 is 0 Å². The molecule has 1 fully saturated rings. The SMILES string of the molecule is CC(C)NC1(CO)CCCC(Sc2ccccc2F)C1. The molecule has 1 aromatic carbocycles. The van der Waals surface area contributed by atoms with E-state index in [1.807, 2.05) is 12.1 Å². The summed E-state index contributed by atoms with van der Waals surface area (Å²) >= 11 is 1.61. The second kappa shape index (κ2) is 6.92. The van der Waals surface area contributed by atoms with Gasteiger partial charge in [0.25, 0.3) is 0 Å². The maximum absolute atomic E-state index is 13.7. The molecule has 0 aromatic heterocycles. The predicted octanol–water partition coefficient (Wildman–Crippen LogP) is 3.59. The molecule has 0 radical (unpaired) electrons. The number of aliphatic hydroxyl groups is 1. The highest BCUT2D eigenvalue weighted by Gasteiger charge is 2.36. The molecule has 1 aliphatic carbocycles. The van der Waals surface area contributed by atoms with Crippen LogP contribution in [0, 0.1) is 5.82 Å². The molecular weight excluding hydrogens is 273 g/mol. The Morgan fingerprint density at radius 3 is 2.85 bits per heavy atom. The van der Waals surface area contributed by atoms with E-state index in [0.717, 1.165) is 30.6 Å². The van der Waals surface area contributed by atoms with Crippen molar-refractivity contribution in [2.24, 2.45) is 0 Å². The third kappa shape index (κ3) is 3.96. The van der Waals surface area contributed by atoms with E-state index in [1.54, 1.807) is 17.8 Å². The molecule has 0 saturated heterocycles. The first-order chi connectivity index (χ1) is 9.54. The summed E-state index contributed by atoms with van der Waals surface area (Å²) in [5, 5.41) is 13.7. The molecule has 2 nitrogen and oxygen atoms in total. The molecule has 1 aliphatic rings. The van der Waals surface area contributed by atoms with Gasteiger partial charge in [-0.25, -0.2) is 4.39 Å². The first kappa shape index (κ1) is 15.8. The Kier molecular flexibility index (Phi) is 5.47. The molecule has 112 valence electrons. The average Bonchev–Trinajstić information content (AvgIpc) is 2.41. The Morgan fingerprint density at radius 1 is 1.45 bits per heavy atom. The van der Waals surface area contributed by atoms with Crippen LogP contribution in [0.3, 0.4) is 0 Å². The van der Waals surface area contributed by atoms with Crippen LogP contribution in [0.1, 0.15) is 39.5 Å². The van der Waals surface area contributed by atoms with Crippen LogP contribution in [0.4, 0.5) is 4.39 Å². The van der Waals surface area contributed by atoms with E-state index < -0.39 is 0 Å². The van der Waals surface area contributed by atoms with E-state index in [4.69, 9.17) is 0 Å². The number of thioether (sulfide) groups is 1. The monoisotopic (exact) mass is 297 g/mol. The van der Waals surface area contributed by atoms with Crippen molar-refractivity contribution >= 4 is 11.8 Å². The molecule has 2 atom stereocenters. The maximum Gasteiger partial charge on any atom is 0.136 e.